The molecule has 36 heavy (non-hydrogen) atoms. The molecule has 1 aromatic carbocycles. The number of amides is 1. The molecule has 1 amide bonds. The van der Waals surface area contributed by atoms with Crippen molar-refractivity contribution in [3.63, 3.8) is 0 Å². The van der Waals surface area contributed by atoms with Crippen molar-refractivity contribution in [1.29, 1.82) is 0 Å². The summed E-state index contributed by atoms with van der Waals surface area (Å²) < 4.78 is 14.1. The summed E-state index contributed by atoms with van der Waals surface area (Å²) in [7, 11) is 3.70. The van der Waals surface area contributed by atoms with Crippen LogP contribution in [0.3, 0.4) is 0 Å². The second-order valence-electron chi connectivity index (χ2n) is 10.1. The fourth-order valence-electron chi connectivity index (χ4n) is 5.79. The van der Waals surface area contributed by atoms with E-state index in [1.165, 1.54) is 0 Å². The first-order chi connectivity index (χ1) is 17.4. The van der Waals surface area contributed by atoms with Gasteiger partial charge in [-0.2, -0.15) is 11.3 Å². The first-order valence-electron chi connectivity index (χ1n) is 12.5. The molecule has 3 aromatic rings. The third-order valence-electron chi connectivity index (χ3n) is 8.01. The number of ether oxygens (including phenoxy) is 2. The second-order valence-corrected chi connectivity index (χ2v) is 10.9. The summed E-state index contributed by atoms with van der Waals surface area (Å²) in [6.45, 7) is 5.55. The molecule has 0 bridgehead atoms. The summed E-state index contributed by atoms with van der Waals surface area (Å²) in [5, 5.41) is 6.24. The third-order valence-corrected chi connectivity index (χ3v) is 8.68. The smallest absolute Gasteiger partial charge is 0.246 e. The maximum Gasteiger partial charge on any atom is 0.246 e. The molecule has 1 saturated heterocycles. The second kappa shape index (κ2) is 8.71. The lowest BCUT2D eigenvalue weighted by Gasteiger charge is -2.36. The molecule has 1 N–H and O–H groups in total. The Bertz CT molecular complexity index is 1340. The van der Waals surface area contributed by atoms with Gasteiger partial charge in [0.1, 0.15) is 24.1 Å². The van der Waals surface area contributed by atoms with Gasteiger partial charge in [-0.1, -0.05) is 6.92 Å². The Kier molecular flexibility index (Phi) is 5.61. The van der Waals surface area contributed by atoms with E-state index >= 15 is 0 Å². The molecule has 2 unspecified atom stereocenters. The van der Waals surface area contributed by atoms with E-state index in [1.54, 1.807) is 18.4 Å². The van der Waals surface area contributed by atoms with Crippen molar-refractivity contribution in [3.05, 3.63) is 58.6 Å². The van der Waals surface area contributed by atoms with E-state index in [2.05, 4.69) is 64.3 Å². The highest BCUT2D eigenvalue weighted by Gasteiger charge is 2.47. The van der Waals surface area contributed by atoms with Gasteiger partial charge < -0.3 is 18.9 Å². The molecule has 188 valence electrons. The Morgan fingerprint density at radius 1 is 1.31 bits per heavy atom. The number of hydrogen-bond acceptors (Lipinski definition) is 6. The van der Waals surface area contributed by atoms with Gasteiger partial charge in [-0.25, -0.2) is 5.43 Å². The molecule has 2 aromatic heterocycles. The zero-order chi connectivity index (χ0) is 25.0. The van der Waals surface area contributed by atoms with Crippen LogP contribution in [0.1, 0.15) is 38.7 Å². The summed E-state index contributed by atoms with van der Waals surface area (Å²) in [6, 6.07) is 7.81. The number of rotatable bonds is 5. The van der Waals surface area contributed by atoms with E-state index in [0.717, 1.165) is 71.0 Å². The normalized spacial score (nSPS) is 23.1. The first-order valence-corrected chi connectivity index (χ1v) is 13.5. The molecule has 0 aliphatic carbocycles. The Labute approximate surface area is 215 Å². The maximum atomic E-state index is 14.0. The van der Waals surface area contributed by atoms with E-state index in [1.807, 2.05) is 23.9 Å². The molecule has 0 spiro atoms. The lowest BCUT2D eigenvalue weighted by molar-refractivity contribution is -0.136. The Morgan fingerprint density at radius 2 is 2.17 bits per heavy atom. The predicted octanol–water partition coefficient (Wildman–Crippen LogP) is 5.05. The van der Waals surface area contributed by atoms with Crippen molar-refractivity contribution < 1.29 is 14.3 Å². The number of methoxy groups -OCH3 is 1. The molecule has 6 rings (SSSR count). The Morgan fingerprint density at radius 3 is 2.86 bits per heavy atom. The van der Waals surface area contributed by atoms with Crippen LogP contribution in [0.2, 0.25) is 0 Å². The number of likely N-dealkylation sites (tertiary alicyclic amines) is 1. The topological polar surface area (TPSA) is 59.0 Å². The first kappa shape index (κ1) is 23.2. The number of anilines is 1. The average Bonchev–Trinajstić information content (AvgIpc) is 3.68. The van der Waals surface area contributed by atoms with Crippen LogP contribution in [0.5, 0.6) is 11.5 Å². The number of nitrogens with zero attached hydrogens (tertiary/aromatic N) is 3. The highest BCUT2D eigenvalue weighted by atomic mass is 32.1. The van der Waals surface area contributed by atoms with Gasteiger partial charge in [0.2, 0.25) is 5.91 Å². The molecule has 2 atom stereocenters. The number of carbonyl (C=O) groups is 1. The van der Waals surface area contributed by atoms with Crippen molar-refractivity contribution in [2.75, 3.05) is 25.3 Å². The van der Waals surface area contributed by atoms with Crippen LogP contribution < -0.4 is 19.9 Å². The average molecular weight is 505 g/mol. The van der Waals surface area contributed by atoms with Crippen LogP contribution in [0, 0.1) is 0 Å². The van der Waals surface area contributed by atoms with Crippen LogP contribution in [0.15, 0.2) is 53.0 Å². The van der Waals surface area contributed by atoms with Crippen LogP contribution in [0.4, 0.5) is 5.69 Å². The van der Waals surface area contributed by atoms with Crippen LogP contribution >= 0.6 is 11.3 Å². The number of carbonyl (C=O) groups excluding carboxylic acids is 1. The largest absolute Gasteiger partial charge is 0.496 e. The number of aromatic nitrogens is 1. The van der Waals surface area contributed by atoms with Gasteiger partial charge in [-0.15, -0.1) is 0 Å². The summed E-state index contributed by atoms with van der Waals surface area (Å²) in [5.41, 5.74) is 9.50. The minimum Gasteiger partial charge on any atom is -0.496 e. The van der Waals surface area contributed by atoms with Gasteiger partial charge in [0.25, 0.3) is 0 Å². The molecule has 3 aliphatic heterocycles. The van der Waals surface area contributed by atoms with Gasteiger partial charge in [0, 0.05) is 65.2 Å². The van der Waals surface area contributed by atoms with Crippen molar-refractivity contribution in [2.24, 2.45) is 7.05 Å². The summed E-state index contributed by atoms with van der Waals surface area (Å²) in [4.78, 5) is 16.1. The zero-order valence-electron chi connectivity index (χ0n) is 21.2. The SMILES string of the molecule is CCC1(C)CCCN1C(=O)C1NN(c2ccsc2)C2=C1COc1cc(OC)c(-c3ccn(C)c3)cc12. The minimum atomic E-state index is -0.459. The lowest BCUT2D eigenvalue weighted by Crippen LogP contribution is -2.54. The molecule has 1 fully saturated rings. The van der Waals surface area contributed by atoms with Crippen molar-refractivity contribution >= 4 is 28.6 Å². The highest BCUT2D eigenvalue weighted by Crippen LogP contribution is 2.47. The quantitative estimate of drug-likeness (QED) is 0.527. The summed E-state index contributed by atoms with van der Waals surface area (Å²) >= 11 is 1.64. The van der Waals surface area contributed by atoms with Gasteiger partial charge in [-0.05, 0) is 49.8 Å². The molecule has 5 heterocycles. The Hall–Kier alpha value is -3.23. The van der Waals surface area contributed by atoms with Gasteiger partial charge in [0.05, 0.1) is 18.5 Å². The Balaban J connectivity index is 1.48. The van der Waals surface area contributed by atoms with E-state index < -0.39 is 6.04 Å². The molecular weight excluding hydrogens is 472 g/mol. The molecular formula is C28H32N4O3S. The lowest BCUT2D eigenvalue weighted by atomic mass is 9.93. The number of nitrogens with one attached hydrogen (secondary N) is 1. The third kappa shape index (κ3) is 3.54. The van der Waals surface area contributed by atoms with Gasteiger partial charge in [0.15, 0.2) is 0 Å². The predicted molar refractivity (Wildman–Crippen MR) is 143 cm³/mol. The van der Waals surface area contributed by atoms with Gasteiger partial charge in [-0.3, -0.25) is 9.80 Å². The van der Waals surface area contributed by atoms with Crippen LogP contribution in [0.25, 0.3) is 16.8 Å². The fourth-order valence-corrected chi connectivity index (χ4v) is 6.41. The summed E-state index contributed by atoms with van der Waals surface area (Å²) in [5.74, 6) is 1.66. The minimum absolute atomic E-state index is 0.101. The monoisotopic (exact) mass is 504 g/mol. The number of aryl methyl sites for hydroxylation is 1. The zero-order valence-corrected chi connectivity index (χ0v) is 22.0. The number of benzene rings is 1. The molecule has 0 saturated carbocycles. The molecule has 0 radical (unpaired) electrons. The molecule has 8 heteroatoms. The van der Waals surface area contributed by atoms with Gasteiger partial charge >= 0.3 is 0 Å². The van der Waals surface area contributed by atoms with E-state index in [4.69, 9.17) is 9.47 Å². The fraction of sp³-hybridized carbons (Fsp3) is 0.393. The number of hydrazine groups is 1. The number of hydrogen-bond donors (Lipinski definition) is 1. The van der Waals surface area contributed by atoms with Crippen molar-refractivity contribution in [3.8, 4) is 22.6 Å². The molecule has 3 aliphatic rings. The van der Waals surface area contributed by atoms with E-state index in [0.29, 0.717) is 6.61 Å². The standard InChI is InChI=1S/C28H32N4O3S/c1-5-28(2)9-6-10-31(28)27(33)25-22-16-35-24-14-23(34-4)20(18-7-11-30(3)15-18)13-21(24)26(22)32(29-25)19-8-12-36-17-19/h7-8,11-15,17,25,29H,5-6,9-10,16H2,1-4H3. The van der Waals surface area contributed by atoms with E-state index in [9.17, 15) is 4.79 Å². The number of thiophene rings is 1. The summed E-state index contributed by atoms with van der Waals surface area (Å²) in [6.07, 6.45) is 7.15. The van der Waals surface area contributed by atoms with E-state index in [-0.39, 0.29) is 11.4 Å². The maximum absolute atomic E-state index is 14.0. The highest BCUT2D eigenvalue weighted by molar-refractivity contribution is 7.08. The number of fused-ring (bicyclic) bond motifs is 2. The molecule has 7 nitrogen and oxygen atoms in total. The van der Waals surface area contributed by atoms with Crippen LogP contribution in [-0.2, 0) is 11.8 Å². The van der Waals surface area contributed by atoms with Crippen molar-refractivity contribution in [2.45, 2.75) is 44.7 Å². The van der Waals surface area contributed by atoms with Crippen LogP contribution in [-0.4, -0.2) is 47.2 Å². The van der Waals surface area contributed by atoms with Crippen molar-refractivity contribution in [1.82, 2.24) is 14.9 Å².